The molecule has 7 rings (SSSR count). The molecule has 0 bridgehead atoms. The highest BCUT2D eigenvalue weighted by molar-refractivity contribution is 5.85. The Bertz CT molecular complexity index is 1940. The zero-order chi connectivity index (χ0) is 35.3. The molecule has 0 saturated carbocycles. The summed E-state index contributed by atoms with van der Waals surface area (Å²) in [5.41, 5.74) is 8.97. The lowest BCUT2D eigenvalue weighted by Crippen LogP contribution is -2.35. The van der Waals surface area contributed by atoms with Gasteiger partial charge in [0.25, 0.3) is 0 Å². The highest BCUT2D eigenvalue weighted by atomic mass is 16.5. The lowest BCUT2D eigenvalue weighted by molar-refractivity contribution is 0.226. The van der Waals surface area contributed by atoms with Crippen LogP contribution < -0.4 is 33.2 Å². The molecule has 4 aromatic rings. The summed E-state index contributed by atoms with van der Waals surface area (Å²) in [5, 5.41) is 10.7. The van der Waals surface area contributed by atoms with E-state index in [2.05, 4.69) is 42.1 Å². The van der Waals surface area contributed by atoms with Crippen LogP contribution in [0.15, 0.2) is 42.5 Å². The molecule has 1 unspecified atom stereocenters. The molecule has 10 nitrogen and oxygen atoms in total. The van der Waals surface area contributed by atoms with Crippen LogP contribution in [0, 0.1) is 0 Å². The van der Waals surface area contributed by atoms with Crippen molar-refractivity contribution in [3.63, 3.8) is 0 Å². The number of benzene rings is 4. The zero-order valence-corrected chi connectivity index (χ0v) is 30.1. The van der Waals surface area contributed by atoms with E-state index in [1.54, 1.807) is 42.7 Å². The van der Waals surface area contributed by atoms with E-state index in [9.17, 15) is 5.11 Å². The lowest BCUT2D eigenvalue weighted by Gasteiger charge is -2.40. The number of hydrogen-bond acceptors (Lipinski definition) is 10. The van der Waals surface area contributed by atoms with E-state index in [-0.39, 0.29) is 17.8 Å². The number of fused-ring (bicyclic) bond motifs is 3. The fourth-order valence-corrected chi connectivity index (χ4v) is 8.06. The van der Waals surface area contributed by atoms with Gasteiger partial charge in [-0.2, -0.15) is 0 Å². The van der Waals surface area contributed by atoms with Crippen LogP contribution in [-0.4, -0.2) is 84.7 Å². The number of phenolic OH excluding ortho intramolecular Hbond substituents is 1. The monoisotopic (exact) mass is 682 g/mol. The molecule has 0 radical (unpaired) electrons. The normalized spacial score (nSPS) is 18.0. The van der Waals surface area contributed by atoms with Crippen molar-refractivity contribution >= 4 is 0 Å². The number of methoxy groups -OCH3 is 6. The molecule has 2 heterocycles. The number of nitrogens with zero attached hydrogens (tertiary/aromatic N) is 2. The minimum atomic E-state index is -0.0311. The molecule has 0 fully saturated rings. The highest BCUT2D eigenvalue weighted by Crippen LogP contribution is 2.54. The third kappa shape index (κ3) is 5.60. The van der Waals surface area contributed by atoms with Gasteiger partial charge >= 0.3 is 0 Å². The molecular formula is C40H46N2O8. The second-order valence-corrected chi connectivity index (χ2v) is 13.3. The van der Waals surface area contributed by atoms with Gasteiger partial charge < -0.3 is 38.3 Å². The standard InChI is InChI=1S/C40H46N2O8/c1-41-11-9-22-15-32(44-3)30(43)19-26(22)28(41)14-25-18-33(45-4)35(47-6)21-31(25)50-36-17-24-13-29-38-23(10-12-42(29)2)16-37(48-7)40(49-8)39(38)27(24)20-34(36)46-5/h15-21,28-29,43H,9-14H2,1-8H3/t28-,29?/m1/s1. The molecular weight excluding hydrogens is 636 g/mol. The van der Waals surface area contributed by atoms with Crippen molar-refractivity contribution in [1.82, 2.24) is 9.80 Å². The average molecular weight is 683 g/mol. The van der Waals surface area contributed by atoms with Gasteiger partial charge in [-0.15, -0.1) is 0 Å². The fraction of sp³-hybridized carbons (Fsp3) is 0.400. The lowest BCUT2D eigenvalue weighted by atomic mass is 9.76. The molecule has 2 aliphatic heterocycles. The molecule has 4 aromatic carbocycles. The SMILES string of the molecule is COc1cc2c(cc1O)[C@@H](Cc1cc(OC)c(OC)cc1Oc1cc3c(cc1OC)-c1c(OC)c(OC)cc4c1C(C3)N(C)CC4)N(C)CC2. The van der Waals surface area contributed by atoms with Crippen molar-refractivity contribution < 1.29 is 38.3 Å². The molecule has 264 valence electrons. The first kappa shape index (κ1) is 33.7. The Morgan fingerprint density at radius 3 is 1.94 bits per heavy atom. The van der Waals surface area contributed by atoms with Gasteiger partial charge in [-0.1, -0.05) is 0 Å². The summed E-state index contributed by atoms with van der Waals surface area (Å²) in [7, 11) is 14.2. The molecule has 0 amide bonds. The third-order valence-electron chi connectivity index (χ3n) is 10.7. The van der Waals surface area contributed by atoms with Gasteiger partial charge in [0.2, 0.25) is 0 Å². The quantitative estimate of drug-likeness (QED) is 0.194. The smallest absolute Gasteiger partial charge is 0.169 e. The average Bonchev–Trinajstić information content (AvgIpc) is 3.13. The molecule has 0 saturated heterocycles. The highest BCUT2D eigenvalue weighted by Gasteiger charge is 2.37. The van der Waals surface area contributed by atoms with Gasteiger partial charge in [0.15, 0.2) is 46.0 Å². The van der Waals surface area contributed by atoms with Gasteiger partial charge in [0.1, 0.15) is 5.75 Å². The minimum absolute atomic E-state index is 0.0311. The Morgan fingerprint density at radius 1 is 0.620 bits per heavy atom. The largest absolute Gasteiger partial charge is 0.504 e. The number of phenols is 1. The Labute approximate surface area is 294 Å². The van der Waals surface area contributed by atoms with Crippen LogP contribution in [-0.2, 0) is 25.7 Å². The van der Waals surface area contributed by atoms with Crippen LogP contribution in [0.4, 0.5) is 0 Å². The van der Waals surface area contributed by atoms with Crippen LogP contribution in [0.3, 0.4) is 0 Å². The van der Waals surface area contributed by atoms with E-state index in [1.807, 2.05) is 24.3 Å². The predicted octanol–water partition coefficient (Wildman–Crippen LogP) is 6.76. The molecule has 2 atom stereocenters. The number of rotatable bonds is 10. The molecule has 0 aromatic heterocycles. The number of likely N-dealkylation sites (N-methyl/N-ethyl adjacent to an activating group) is 2. The van der Waals surface area contributed by atoms with Crippen LogP contribution in [0.2, 0.25) is 0 Å². The number of aromatic hydroxyl groups is 1. The maximum atomic E-state index is 10.7. The number of ether oxygens (including phenoxy) is 7. The topological polar surface area (TPSA) is 91.3 Å². The van der Waals surface area contributed by atoms with Gasteiger partial charge in [-0.05, 0) is 110 Å². The van der Waals surface area contributed by atoms with Crippen LogP contribution in [0.25, 0.3) is 11.1 Å². The fourth-order valence-electron chi connectivity index (χ4n) is 8.06. The first-order valence-corrected chi connectivity index (χ1v) is 16.9. The van der Waals surface area contributed by atoms with Crippen LogP contribution in [0.5, 0.6) is 51.7 Å². The van der Waals surface area contributed by atoms with Crippen molar-refractivity contribution in [2.45, 2.75) is 37.8 Å². The first-order chi connectivity index (χ1) is 24.2. The Balaban J connectivity index is 1.34. The maximum absolute atomic E-state index is 10.7. The predicted molar refractivity (Wildman–Crippen MR) is 191 cm³/mol. The van der Waals surface area contributed by atoms with E-state index in [0.717, 1.165) is 77.2 Å². The molecule has 0 spiro atoms. The van der Waals surface area contributed by atoms with Crippen molar-refractivity contribution in [2.24, 2.45) is 0 Å². The second kappa shape index (κ2) is 13.5. The molecule has 1 N–H and O–H groups in total. The molecule has 3 aliphatic rings. The van der Waals surface area contributed by atoms with Crippen molar-refractivity contribution in [3.8, 4) is 62.9 Å². The summed E-state index contributed by atoms with van der Waals surface area (Å²) in [6, 6.07) is 14.1. The van der Waals surface area contributed by atoms with Crippen molar-refractivity contribution in [2.75, 3.05) is 69.8 Å². The molecule has 1 aliphatic carbocycles. The van der Waals surface area contributed by atoms with E-state index in [4.69, 9.17) is 33.2 Å². The zero-order valence-electron chi connectivity index (χ0n) is 30.1. The van der Waals surface area contributed by atoms with Crippen LogP contribution in [0.1, 0.15) is 45.5 Å². The summed E-state index contributed by atoms with van der Waals surface area (Å²) in [6.45, 7) is 1.82. The maximum Gasteiger partial charge on any atom is 0.169 e. The van der Waals surface area contributed by atoms with Crippen molar-refractivity contribution in [1.29, 1.82) is 0 Å². The number of hydrogen-bond donors (Lipinski definition) is 1. The van der Waals surface area contributed by atoms with Crippen LogP contribution >= 0.6 is 0 Å². The minimum Gasteiger partial charge on any atom is -0.504 e. The molecule has 50 heavy (non-hydrogen) atoms. The summed E-state index contributed by atoms with van der Waals surface area (Å²) in [5.74, 6) is 5.07. The summed E-state index contributed by atoms with van der Waals surface area (Å²) in [6.07, 6.45) is 3.21. The molecule has 10 heteroatoms. The van der Waals surface area contributed by atoms with E-state index >= 15 is 0 Å². The Kier molecular flexibility index (Phi) is 9.09. The van der Waals surface area contributed by atoms with Gasteiger partial charge in [0.05, 0.1) is 42.7 Å². The summed E-state index contributed by atoms with van der Waals surface area (Å²) >= 11 is 0. The van der Waals surface area contributed by atoms with Gasteiger partial charge in [-0.3, -0.25) is 9.80 Å². The van der Waals surface area contributed by atoms with E-state index in [0.29, 0.717) is 40.9 Å². The van der Waals surface area contributed by atoms with E-state index < -0.39 is 0 Å². The van der Waals surface area contributed by atoms with E-state index in [1.165, 1.54) is 11.1 Å². The Morgan fingerprint density at radius 2 is 1.24 bits per heavy atom. The van der Waals surface area contributed by atoms with Gasteiger partial charge in [0, 0.05) is 42.4 Å². The third-order valence-corrected chi connectivity index (χ3v) is 10.7. The second-order valence-electron chi connectivity index (χ2n) is 13.3. The van der Waals surface area contributed by atoms with Gasteiger partial charge in [-0.25, -0.2) is 0 Å². The first-order valence-electron chi connectivity index (χ1n) is 16.9. The van der Waals surface area contributed by atoms with Crippen molar-refractivity contribution in [3.05, 3.63) is 75.8 Å². The summed E-state index contributed by atoms with van der Waals surface area (Å²) < 4.78 is 41.7. The summed E-state index contributed by atoms with van der Waals surface area (Å²) in [4.78, 5) is 4.73. The Hall–Kier alpha value is -4.80.